The maximum Gasteiger partial charge on any atom is 0.129 e. The van der Waals surface area contributed by atoms with E-state index in [0.29, 0.717) is 18.8 Å². The number of aliphatic hydroxyl groups excluding tert-OH is 1. The summed E-state index contributed by atoms with van der Waals surface area (Å²) in [6.45, 7) is 3.08. The largest absolute Gasteiger partial charge is 0.462 e. The predicted molar refractivity (Wildman–Crippen MR) is 61.9 cm³/mol. The lowest BCUT2D eigenvalue weighted by atomic mass is 10.3. The Labute approximate surface area is 99.5 Å². The van der Waals surface area contributed by atoms with Crippen LogP contribution in [0.5, 0.6) is 0 Å². The van der Waals surface area contributed by atoms with Crippen LogP contribution in [0.15, 0.2) is 28.8 Å². The molecule has 0 radical (unpaired) electrons. The minimum Gasteiger partial charge on any atom is -0.462 e. The van der Waals surface area contributed by atoms with Crippen molar-refractivity contribution in [3.63, 3.8) is 0 Å². The van der Waals surface area contributed by atoms with Crippen LogP contribution in [0.1, 0.15) is 23.0 Å². The zero-order valence-electron chi connectivity index (χ0n) is 9.68. The standard InChI is InChI=1S/C12H15N3O2/c1-9-14-5-4-10(15-9)6-13-7-11-2-3-12(8-16)17-11/h2-5,13,16H,6-8H2,1H3. The van der Waals surface area contributed by atoms with E-state index in [1.165, 1.54) is 0 Å². The zero-order valence-corrected chi connectivity index (χ0v) is 9.68. The van der Waals surface area contributed by atoms with Crippen LogP contribution in [-0.2, 0) is 19.7 Å². The SMILES string of the molecule is Cc1nccc(CNCc2ccc(CO)o2)n1. The van der Waals surface area contributed by atoms with Crippen LogP contribution in [0, 0.1) is 6.92 Å². The second kappa shape index (κ2) is 5.56. The number of aliphatic hydroxyl groups is 1. The molecule has 0 aliphatic heterocycles. The lowest BCUT2D eigenvalue weighted by Gasteiger charge is -2.02. The molecular formula is C12H15N3O2. The van der Waals surface area contributed by atoms with Crippen molar-refractivity contribution in [2.75, 3.05) is 0 Å². The highest BCUT2D eigenvalue weighted by atomic mass is 16.4. The highest BCUT2D eigenvalue weighted by Crippen LogP contribution is 2.07. The minimum absolute atomic E-state index is 0.0644. The van der Waals surface area contributed by atoms with E-state index in [1.807, 2.05) is 19.1 Å². The van der Waals surface area contributed by atoms with Crippen LogP contribution in [0.2, 0.25) is 0 Å². The van der Waals surface area contributed by atoms with E-state index in [-0.39, 0.29) is 6.61 Å². The third-order valence-corrected chi connectivity index (χ3v) is 2.31. The van der Waals surface area contributed by atoms with Crippen LogP contribution in [0.3, 0.4) is 0 Å². The maximum atomic E-state index is 8.85. The van der Waals surface area contributed by atoms with E-state index >= 15 is 0 Å². The fourth-order valence-corrected chi connectivity index (χ4v) is 1.52. The van der Waals surface area contributed by atoms with E-state index in [1.54, 1.807) is 12.3 Å². The summed E-state index contributed by atoms with van der Waals surface area (Å²) in [6.07, 6.45) is 1.75. The number of hydrogen-bond acceptors (Lipinski definition) is 5. The molecule has 0 unspecified atom stereocenters. The molecule has 2 rings (SSSR count). The minimum atomic E-state index is -0.0644. The molecule has 5 nitrogen and oxygen atoms in total. The van der Waals surface area contributed by atoms with Crippen molar-refractivity contribution in [1.82, 2.24) is 15.3 Å². The van der Waals surface area contributed by atoms with Gasteiger partial charge in [0.15, 0.2) is 0 Å². The van der Waals surface area contributed by atoms with Crippen molar-refractivity contribution < 1.29 is 9.52 Å². The molecule has 17 heavy (non-hydrogen) atoms. The summed E-state index contributed by atoms with van der Waals surface area (Å²) < 4.78 is 5.35. The number of nitrogens with one attached hydrogen (secondary N) is 1. The second-order valence-electron chi connectivity index (χ2n) is 3.72. The number of aromatic nitrogens is 2. The smallest absolute Gasteiger partial charge is 0.129 e. The number of rotatable bonds is 5. The quantitative estimate of drug-likeness (QED) is 0.811. The van der Waals surface area contributed by atoms with Crippen molar-refractivity contribution >= 4 is 0 Å². The van der Waals surface area contributed by atoms with Crippen molar-refractivity contribution in [1.29, 1.82) is 0 Å². The summed E-state index contributed by atoms with van der Waals surface area (Å²) in [5.74, 6) is 2.16. The molecule has 5 heteroatoms. The van der Waals surface area contributed by atoms with Gasteiger partial charge in [-0.3, -0.25) is 0 Å². The Hall–Kier alpha value is -1.72. The molecule has 0 aliphatic rings. The summed E-state index contributed by atoms with van der Waals surface area (Å²) in [7, 11) is 0. The van der Waals surface area contributed by atoms with Gasteiger partial charge in [-0.1, -0.05) is 0 Å². The van der Waals surface area contributed by atoms with Gasteiger partial charge >= 0.3 is 0 Å². The molecule has 0 saturated heterocycles. The fourth-order valence-electron chi connectivity index (χ4n) is 1.52. The normalized spacial score (nSPS) is 10.7. The molecule has 0 atom stereocenters. The van der Waals surface area contributed by atoms with Crippen LogP contribution in [0.25, 0.3) is 0 Å². The average molecular weight is 233 g/mol. The van der Waals surface area contributed by atoms with Gasteiger partial charge in [0.25, 0.3) is 0 Å². The molecule has 0 bridgehead atoms. The summed E-state index contributed by atoms with van der Waals surface area (Å²) in [6, 6.07) is 5.50. The average Bonchev–Trinajstić information content (AvgIpc) is 2.77. The molecule has 90 valence electrons. The van der Waals surface area contributed by atoms with E-state index in [4.69, 9.17) is 9.52 Å². The summed E-state index contributed by atoms with van der Waals surface area (Å²) >= 11 is 0. The Morgan fingerprint density at radius 1 is 1.24 bits per heavy atom. The predicted octanol–water partition coefficient (Wildman–Crippen LogP) is 1.16. The molecule has 2 aromatic rings. The van der Waals surface area contributed by atoms with E-state index in [9.17, 15) is 0 Å². The molecule has 0 saturated carbocycles. The number of hydrogen-bond donors (Lipinski definition) is 2. The van der Waals surface area contributed by atoms with Gasteiger partial charge in [-0.05, 0) is 25.1 Å². The summed E-state index contributed by atoms with van der Waals surface area (Å²) in [5.41, 5.74) is 0.950. The first-order valence-electron chi connectivity index (χ1n) is 5.45. The first-order chi connectivity index (χ1) is 8.28. The Kier molecular flexibility index (Phi) is 3.85. The third kappa shape index (κ3) is 3.37. The second-order valence-corrected chi connectivity index (χ2v) is 3.72. The molecule has 2 N–H and O–H groups in total. The van der Waals surface area contributed by atoms with Gasteiger partial charge in [0.05, 0.1) is 12.2 Å². The first-order valence-corrected chi connectivity index (χ1v) is 5.45. The van der Waals surface area contributed by atoms with E-state index in [2.05, 4.69) is 15.3 Å². The molecule has 0 fully saturated rings. The maximum absolute atomic E-state index is 8.85. The Balaban J connectivity index is 1.83. The van der Waals surface area contributed by atoms with Crippen molar-refractivity contribution in [3.8, 4) is 0 Å². The van der Waals surface area contributed by atoms with Crippen LogP contribution >= 0.6 is 0 Å². The van der Waals surface area contributed by atoms with Crippen LogP contribution < -0.4 is 5.32 Å². The summed E-state index contributed by atoms with van der Waals surface area (Å²) in [5, 5.41) is 12.1. The molecular weight excluding hydrogens is 218 g/mol. The molecule has 0 amide bonds. The van der Waals surface area contributed by atoms with Gasteiger partial charge in [0, 0.05) is 12.7 Å². The van der Waals surface area contributed by atoms with Gasteiger partial charge in [0.1, 0.15) is 24.0 Å². The van der Waals surface area contributed by atoms with Gasteiger partial charge in [0.2, 0.25) is 0 Å². The lowest BCUT2D eigenvalue weighted by Crippen LogP contribution is -2.13. The van der Waals surface area contributed by atoms with Gasteiger partial charge in [-0.2, -0.15) is 0 Å². The lowest BCUT2D eigenvalue weighted by molar-refractivity contribution is 0.242. The van der Waals surface area contributed by atoms with E-state index < -0.39 is 0 Å². The Morgan fingerprint density at radius 3 is 2.76 bits per heavy atom. The van der Waals surface area contributed by atoms with Crippen molar-refractivity contribution in [2.45, 2.75) is 26.6 Å². The van der Waals surface area contributed by atoms with Crippen molar-refractivity contribution in [2.24, 2.45) is 0 Å². The van der Waals surface area contributed by atoms with Crippen molar-refractivity contribution in [3.05, 3.63) is 47.4 Å². The fraction of sp³-hybridized carbons (Fsp3) is 0.333. The molecule has 2 aromatic heterocycles. The number of aryl methyl sites for hydroxylation is 1. The molecule has 0 spiro atoms. The topological polar surface area (TPSA) is 71.2 Å². The monoisotopic (exact) mass is 233 g/mol. The number of nitrogens with zero attached hydrogens (tertiary/aromatic N) is 2. The summed E-state index contributed by atoms with van der Waals surface area (Å²) in [4.78, 5) is 8.32. The Bertz CT molecular complexity index is 482. The number of furan rings is 1. The van der Waals surface area contributed by atoms with Crippen LogP contribution in [0.4, 0.5) is 0 Å². The van der Waals surface area contributed by atoms with Gasteiger partial charge < -0.3 is 14.8 Å². The molecule has 0 aliphatic carbocycles. The molecule has 2 heterocycles. The van der Waals surface area contributed by atoms with Gasteiger partial charge in [-0.15, -0.1) is 0 Å². The Morgan fingerprint density at radius 2 is 2.06 bits per heavy atom. The van der Waals surface area contributed by atoms with E-state index in [0.717, 1.165) is 17.3 Å². The highest BCUT2D eigenvalue weighted by Gasteiger charge is 2.01. The third-order valence-electron chi connectivity index (χ3n) is 2.31. The van der Waals surface area contributed by atoms with Gasteiger partial charge in [-0.25, -0.2) is 9.97 Å². The van der Waals surface area contributed by atoms with Crippen LogP contribution in [-0.4, -0.2) is 15.1 Å². The zero-order chi connectivity index (χ0) is 12.1. The molecule has 0 aromatic carbocycles. The highest BCUT2D eigenvalue weighted by molar-refractivity contribution is 5.06. The first kappa shape index (κ1) is 11.8.